The van der Waals surface area contributed by atoms with Gasteiger partial charge < -0.3 is 8.98 Å². The molecule has 0 aromatic carbocycles. The molecule has 0 radical (unpaired) electrons. The third kappa shape index (κ3) is 3.64. The molecule has 0 bridgehead atoms. The number of nitrogens with one attached hydrogen (secondary N) is 1. The first kappa shape index (κ1) is 17.2. The van der Waals surface area contributed by atoms with Crippen molar-refractivity contribution in [2.24, 2.45) is 10.1 Å². The predicted molar refractivity (Wildman–Crippen MR) is 109 cm³/mol. The highest BCUT2D eigenvalue weighted by atomic mass is 32.2. The molecule has 3 aromatic heterocycles. The maximum absolute atomic E-state index is 5.31. The third-order valence-electron chi connectivity index (χ3n) is 4.37. The van der Waals surface area contributed by atoms with Crippen LogP contribution < -0.4 is 5.43 Å². The van der Waals surface area contributed by atoms with Gasteiger partial charge in [0.15, 0.2) is 5.17 Å². The van der Waals surface area contributed by atoms with Crippen LogP contribution in [0.3, 0.4) is 0 Å². The van der Waals surface area contributed by atoms with Crippen LogP contribution in [0.5, 0.6) is 0 Å². The smallest absolute Gasteiger partial charge is 0.177 e. The summed E-state index contributed by atoms with van der Waals surface area (Å²) in [6.07, 6.45) is 1.67. The molecule has 4 heterocycles. The van der Waals surface area contributed by atoms with Crippen molar-refractivity contribution in [2.45, 2.75) is 26.9 Å². The van der Waals surface area contributed by atoms with E-state index in [0.29, 0.717) is 6.54 Å². The fraction of sp³-hybridized carbons (Fsp3) is 0.263. The molecule has 3 aromatic rings. The molecule has 0 amide bonds. The molecule has 7 heteroatoms. The number of furan rings is 1. The minimum Gasteiger partial charge on any atom is -0.467 e. The molecule has 0 fully saturated rings. The van der Waals surface area contributed by atoms with E-state index in [4.69, 9.17) is 4.42 Å². The van der Waals surface area contributed by atoms with Gasteiger partial charge in [-0.15, -0.1) is 11.3 Å². The van der Waals surface area contributed by atoms with Crippen LogP contribution in [0.4, 0.5) is 0 Å². The molecule has 26 heavy (non-hydrogen) atoms. The first-order valence-electron chi connectivity index (χ1n) is 8.42. The van der Waals surface area contributed by atoms with Crippen LogP contribution in [0, 0.1) is 13.8 Å². The Bertz CT molecular complexity index is 937. The summed E-state index contributed by atoms with van der Waals surface area (Å²) in [5.74, 6) is 1.67. The molecule has 0 unspecified atom stereocenters. The number of amidine groups is 1. The zero-order chi connectivity index (χ0) is 17.9. The monoisotopic (exact) mass is 384 g/mol. The third-order valence-corrected chi connectivity index (χ3v) is 6.14. The maximum Gasteiger partial charge on any atom is 0.177 e. The maximum atomic E-state index is 5.31. The SMILES string of the molecule is Cc1cc(C2=NNC(=NCc3ccco3)SC2)c(C)n1Cc1cccs1. The quantitative estimate of drug-likeness (QED) is 0.709. The Morgan fingerprint density at radius 3 is 2.92 bits per heavy atom. The predicted octanol–water partition coefficient (Wildman–Crippen LogP) is 4.40. The molecule has 1 aliphatic rings. The highest BCUT2D eigenvalue weighted by Gasteiger charge is 2.18. The molecule has 4 rings (SSSR count). The lowest BCUT2D eigenvalue weighted by Gasteiger charge is -2.15. The molecule has 0 atom stereocenters. The van der Waals surface area contributed by atoms with Gasteiger partial charge in [0.1, 0.15) is 5.76 Å². The summed E-state index contributed by atoms with van der Waals surface area (Å²) in [5.41, 5.74) is 7.88. The molecule has 1 N–H and O–H groups in total. The van der Waals surface area contributed by atoms with Crippen molar-refractivity contribution >= 4 is 34.0 Å². The van der Waals surface area contributed by atoms with Crippen LogP contribution in [-0.4, -0.2) is 21.2 Å². The van der Waals surface area contributed by atoms with Gasteiger partial charge in [-0.05, 0) is 43.5 Å². The summed E-state index contributed by atoms with van der Waals surface area (Å²) >= 11 is 3.47. The van der Waals surface area contributed by atoms with E-state index in [2.05, 4.69) is 57.5 Å². The number of thioether (sulfide) groups is 1. The van der Waals surface area contributed by atoms with E-state index >= 15 is 0 Å². The molecule has 0 aliphatic carbocycles. The number of rotatable bonds is 5. The van der Waals surface area contributed by atoms with Crippen LogP contribution in [-0.2, 0) is 13.1 Å². The van der Waals surface area contributed by atoms with E-state index in [0.717, 1.165) is 28.9 Å². The Kier molecular flexibility index (Phi) is 4.99. The largest absolute Gasteiger partial charge is 0.467 e. The summed E-state index contributed by atoms with van der Waals surface area (Å²) in [5, 5.41) is 7.52. The second-order valence-corrected chi connectivity index (χ2v) is 8.11. The van der Waals surface area contributed by atoms with Crippen molar-refractivity contribution in [1.29, 1.82) is 0 Å². The van der Waals surface area contributed by atoms with Gasteiger partial charge in [0, 0.05) is 27.6 Å². The van der Waals surface area contributed by atoms with Crippen molar-refractivity contribution in [2.75, 3.05) is 5.75 Å². The van der Waals surface area contributed by atoms with E-state index in [9.17, 15) is 0 Å². The molecule has 5 nitrogen and oxygen atoms in total. The number of hydrogen-bond donors (Lipinski definition) is 1. The lowest BCUT2D eigenvalue weighted by atomic mass is 10.1. The van der Waals surface area contributed by atoms with Gasteiger partial charge >= 0.3 is 0 Å². The van der Waals surface area contributed by atoms with Gasteiger partial charge in [-0.3, -0.25) is 10.4 Å². The molecule has 0 saturated heterocycles. The Morgan fingerprint density at radius 2 is 2.23 bits per heavy atom. The highest BCUT2D eigenvalue weighted by Crippen LogP contribution is 2.22. The number of hydrogen-bond acceptors (Lipinski definition) is 5. The Labute approximate surface area is 160 Å². The van der Waals surface area contributed by atoms with Crippen molar-refractivity contribution in [3.05, 3.63) is 69.6 Å². The first-order valence-corrected chi connectivity index (χ1v) is 10.3. The first-order chi connectivity index (χ1) is 12.7. The average Bonchev–Trinajstić information content (AvgIpc) is 3.40. The normalized spacial score (nSPS) is 15.9. The van der Waals surface area contributed by atoms with E-state index < -0.39 is 0 Å². The Morgan fingerprint density at radius 1 is 1.31 bits per heavy atom. The Balaban J connectivity index is 1.49. The summed E-state index contributed by atoms with van der Waals surface area (Å²) in [7, 11) is 0. The van der Waals surface area contributed by atoms with E-state index in [1.165, 1.54) is 21.8 Å². The second kappa shape index (κ2) is 7.55. The summed E-state index contributed by atoms with van der Waals surface area (Å²) in [6, 6.07) is 10.3. The van der Waals surface area contributed by atoms with Gasteiger partial charge in [0.25, 0.3) is 0 Å². The zero-order valence-corrected chi connectivity index (χ0v) is 16.4. The van der Waals surface area contributed by atoms with Crippen LogP contribution >= 0.6 is 23.1 Å². The number of aromatic nitrogens is 1. The topological polar surface area (TPSA) is 54.8 Å². The minimum absolute atomic E-state index is 0.530. The average molecular weight is 385 g/mol. The van der Waals surface area contributed by atoms with Gasteiger partial charge in [-0.25, -0.2) is 0 Å². The van der Waals surface area contributed by atoms with Gasteiger partial charge in [0.05, 0.1) is 25.1 Å². The summed E-state index contributed by atoms with van der Waals surface area (Å²) < 4.78 is 7.66. The van der Waals surface area contributed by atoms with Crippen molar-refractivity contribution < 1.29 is 4.42 Å². The number of nitrogens with zero attached hydrogens (tertiary/aromatic N) is 3. The van der Waals surface area contributed by atoms with E-state index in [1.54, 1.807) is 29.4 Å². The fourth-order valence-electron chi connectivity index (χ4n) is 2.98. The van der Waals surface area contributed by atoms with Crippen molar-refractivity contribution in [3.8, 4) is 0 Å². The highest BCUT2D eigenvalue weighted by molar-refractivity contribution is 8.14. The van der Waals surface area contributed by atoms with Crippen molar-refractivity contribution in [3.63, 3.8) is 0 Å². The van der Waals surface area contributed by atoms with Gasteiger partial charge in [0.2, 0.25) is 0 Å². The molecule has 134 valence electrons. The number of aryl methyl sites for hydroxylation is 1. The molecular formula is C19H20N4OS2. The standard InChI is InChI=1S/C19H20N4OS2/c1-13-9-17(14(2)23(13)11-16-6-4-8-25-16)18-12-26-19(22-21-18)20-10-15-5-3-7-24-15/h3-9H,10-12H2,1-2H3,(H,20,22). The fourth-order valence-corrected chi connectivity index (χ4v) is 4.43. The Hall–Kier alpha value is -2.25. The molecule has 0 saturated carbocycles. The minimum atomic E-state index is 0.530. The summed E-state index contributed by atoms with van der Waals surface area (Å²) in [4.78, 5) is 5.88. The van der Waals surface area contributed by atoms with Crippen LogP contribution in [0.1, 0.15) is 27.6 Å². The van der Waals surface area contributed by atoms with E-state index in [1.807, 2.05) is 12.1 Å². The number of aliphatic imine (C=N–C) groups is 1. The number of hydrazone groups is 1. The molecule has 1 aliphatic heterocycles. The van der Waals surface area contributed by atoms with Crippen molar-refractivity contribution in [1.82, 2.24) is 9.99 Å². The van der Waals surface area contributed by atoms with E-state index in [-0.39, 0.29) is 0 Å². The van der Waals surface area contributed by atoms with Crippen LogP contribution in [0.2, 0.25) is 0 Å². The van der Waals surface area contributed by atoms with Crippen LogP contribution in [0.15, 0.2) is 56.5 Å². The zero-order valence-electron chi connectivity index (χ0n) is 14.7. The van der Waals surface area contributed by atoms with Crippen LogP contribution in [0.25, 0.3) is 0 Å². The lowest BCUT2D eigenvalue weighted by Crippen LogP contribution is -2.25. The number of thiophene rings is 1. The molecular weight excluding hydrogens is 364 g/mol. The summed E-state index contributed by atoms with van der Waals surface area (Å²) in [6.45, 7) is 5.77. The van der Waals surface area contributed by atoms with Gasteiger partial charge in [-0.2, -0.15) is 5.10 Å². The van der Waals surface area contributed by atoms with Gasteiger partial charge in [-0.1, -0.05) is 17.8 Å². The second-order valence-electron chi connectivity index (χ2n) is 6.11. The lowest BCUT2D eigenvalue weighted by molar-refractivity contribution is 0.512. The molecule has 0 spiro atoms.